The molecule has 0 spiro atoms. The van der Waals surface area contributed by atoms with Crippen LogP contribution in [0.2, 0.25) is 0 Å². The SMILES string of the molecule is COc1ccc(S(=O)(=O)N(C)c2ccc(C(=O)NCCSCc3cccc(C)c3)cc2)cc1OC. The van der Waals surface area contributed by atoms with Crippen LogP contribution in [-0.4, -0.2) is 47.9 Å². The Morgan fingerprint density at radius 1 is 0.971 bits per heavy atom. The highest BCUT2D eigenvalue weighted by Gasteiger charge is 2.23. The Labute approximate surface area is 211 Å². The van der Waals surface area contributed by atoms with E-state index in [2.05, 4.69) is 30.4 Å². The standard InChI is InChI=1S/C26H30N2O5S2/c1-19-6-5-7-20(16-19)18-34-15-14-27-26(29)21-8-10-22(11-9-21)28(2)35(30,31)23-12-13-24(32-3)25(17-23)33-4/h5-13,16-17H,14-15,18H2,1-4H3,(H,27,29). The van der Waals surface area contributed by atoms with Crippen molar-refractivity contribution in [3.05, 3.63) is 83.4 Å². The average molecular weight is 515 g/mol. The number of hydrogen-bond acceptors (Lipinski definition) is 6. The molecular weight excluding hydrogens is 484 g/mol. The number of benzene rings is 3. The molecule has 0 radical (unpaired) electrons. The van der Waals surface area contributed by atoms with Crippen LogP contribution < -0.4 is 19.1 Å². The molecule has 0 aliphatic rings. The summed E-state index contributed by atoms with van der Waals surface area (Å²) >= 11 is 1.76. The minimum atomic E-state index is -3.83. The number of anilines is 1. The third kappa shape index (κ3) is 6.70. The largest absolute Gasteiger partial charge is 0.493 e. The predicted octanol–water partition coefficient (Wildman–Crippen LogP) is 4.50. The molecule has 1 N–H and O–H groups in total. The van der Waals surface area contributed by atoms with E-state index in [1.54, 1.807) is 42.1 Å². The van der Waals surface area contributed by atoms with Crippen LogP contribution in [0.3, 0.4) is 0 Å². The lowest BCUT2D eigenvalue weighted by Gasteiger charge is -2.20. The molecule has 0 unspecified atom stereocenters. The summed E-state index contributed by atoms with van der Waals surface area (Å²) < 4.78 is 37.7. The second-order valence-electron chi connectivity index (χ2n) is 7.83. The zero-order valence-corrected chi connectivity index (χ0v) is 21.9. The summed E-state index contributed by atoms with van der Waals surface area (Å²) in [4.78, 5) is 12.5. The molecule has 0 saturated carbocycles. The first-order valence-electron chi connectivity index (χ1n) is 11.0. The average Bonchev–Trinajstić information content (AvgIpc) is 2.87. The monoisotopic (exact) mass is 514 g/mol. The first-order chi connectivity index (χ1) is 16.8. The van der Waals surface area contributed by atoms with Crippen molar-refractivity contribution in [3.63, 3.8) is 0 Å². The first kappa shape index (κ1) is 26.4. The maximum Gasteiger partial charge on any atom is 0.264 e. The highest BCUT2D eigenvalue weighted by molar-refractivity contribution is 7.98. The van der Waals surface area contributed by atoms with Gasteiger partial charge in [0.1, 0.15) is 0 Å². The molecule has 7 nitrogen and oxygen atoms in total. The number of amides is 1. The van der Waals surface area contributed by atoms with Crippen molar-refractivity contribution in [2.45, 2.75) is 17.6 Å². The topological polar surface area (TPSA) is 84.9 Å². The predicted molar refractivity (Wildman–Crippen MR) is 141 cm³/mol. The van der Waals surface area contributed by atoms with Crippen molar-refractivity contribution < 1.29 is 22.7 Å². The van der Waals surface area contributed by atoms with Gasteiger partial charge in [-0.1, -0.05) is 29.8 Å². The van der Waals surface area contributed by atoms with Gasteiger partial charge in [-0.3, -0.25) is 9.10 Å². The second kappa shape index (κ2) is 12.0. The number of nitrogens with zero attached hydrogens (tertiary/aromatic N) is 1. The van der Waals surface area contributed by atoms with Crippen molar-refractivity contribution in [1.29, 1.82) is 0 Å². The molecule has 35 heavy (non-hydrogen) atoms. The van der Waals surface area contributed by atoms with Gasteiger partial charge in [-0.25, -0.2) is 8.42 Å². The van der Waals surface area contributed by atoms with Gasteiger partial charge < -0.3 is 14.8 Å². The molecule has 186 valence electrons. The van der Waals surface area contributed by atoms with Gasteiger partial charge in [0, 0.05) is 36.7 Å². The van der Waals surface area contributed by atoms with E-state index < -0.39 is 10.0 Å². The maximum atomic E-state index is 13.1. The van der Waals surface area contributed by atoms with Crippen molar-refractivity contribution in [2.24, 2.45) is 0 Å². The fourth-order valence-corrected chi connectivity index (χ4v) is 5.44. The number of nitrogens with one attached hydrogen (secondary N) is 1. The summed E-state index contributed by atoms with van der Waals surface area (Å²) in [7, 11) is 0.566. The van der Waals surface area contributed by atoms with Crippen LogP contribution in [0, 0.1) is 6.92 Å². The molecule has 0 aliphatic heterocycles. The van der Waals surface area contributed by atoms with Gasteiger partial charge in [-0.15, -0.1) is 0 Å². The van der Waals surface area contributed by atoms with Gasteiger partial charge in [0.2, 0.25) is 0 Å². The molecule has 3 rings (SSSR count). The van der Waals surface area contributed by atoms with Crippen molar-refractivity contribution in [2.75, 3.05) is 37.9 Å². The summed E-state index contributed by atoms with van der Waals surface area (Å²) in [5.74, 6) is 2.26. The van der Waals surface area contributed by atoms with Crippen molar-refractivity contribution >= 4 is 33.4 Å². The van der Waals surface area contributed by atoms with E-state index in [0.717, 1.165) is 15.8 Å². The van der Waals surface area contributed by atoms with Crippen LogP contribution >= 0.6 is 11.8 Å². The Balaban J connectivity index is 1.56. The van der Waals surface area contributed by atoms with E-state index >= 15 is 0 Å². The summed E-state index contributed by atoms with van der Waals surface area (Å²) in [6.07, 6.45) is 0. The number of hydrogen-bond donors (Lipinski definition) is 1. The molecule has 0 fully saturated rings. The summed E-state index contributed by atoms with van der Waals surface area (Å²) in [5.41, 5.74) is 3.41. The van der Waals surface area contributed by atoms with Crippen LogP contribution in [0.25, 0.3) is 0 Å². The number of rotatable bonds is 11. The normalized spacial score (nSPS) is 11.1. The van der Waals surface area contributed by atoms with E-state index in [9.17, 15) is 13.2 Å². The Hall–Kier alpha value is -3.17. The van der Waals surface area contributed by atoms with E-state index in [1.807, 2.05) is 6.07 Å². The second-order valence-corrected chi connectivity index (χ2v) is 10.9. The highest BCUT2D eigenvalue weighted by Crippen LogP contribution is 2.31. The number of carbonyl (C=O) groups is 1. The molecule has 3 aromatic carbocycles. The summed E-state index contributed by atoms with van der Waals surface area (Å²) in [6, 6.07) is 19.3. The lowest BCUT2D eigenvalue weighted by atomic mass is 10.2. The van der Waals surface area contributed by atoms with Gasteiger partial charge in [-0.2, -0.15) is 11.8 Å². The molecule has 1 amide bonds. The summed E-state index contributed by atoms with van der Waals surface area (Å²) in [6.45, 7) is 2.62. The molecule has 0 heterocycles. The Morgan fingerprint density at radius 3 is 2.34 bits per heavy atom. The van der Waals surface area contributed by atoms with Gasteiger partial charge in [0.05, 0.1) is 24.8 Å². The molecule has 9 heteroatoms. The summed E-state index contributed by atoms with van der Waals surface area (Å²) in [5, 5.41) is 2.91. The third-order valence-corrected chi connectivity index (χ3v) is 8.20. The lowest BCUT2D eigenvalue weighted by Crippen LogP contribution is -2.27. The van der Waals surface area contributed by atoms with Crippen LogP contribution in [0.5, 0.6) is 11.5 Å². The zero-order valence-electron chi connectivity index (χ0n) is 20.3. The van der Waals surface area contributed by atoms with Gasteiger partial charge in [0.25, 0.3) is 15.9 Å². The maximum absolute atomic E-state index is 13.1. The smallest absolute Gasteiger partial charge is 0.264 e. The van der Waals surface area contributed by atoms with E-state index in [4.69, 9.17) is 9.47 Å². The zero-order chi connectivity index (χ0) is 25.4. The Kier molecular flexibility index (Phi) is 9.06. The van der Waals surface area contributed by atoms with Gasteiger partial charge >= 0.3 is 0 Å². The van der Waals surface area contributed by atoms with Crippen LogP contribution in [-0.2, 0) is 15.8 Å². The third-order valence-electron chi connectivity index (χ3n) is 5.39. The van der Waals surface area contributed by atoms with Gasteiger partial charge in [-0.05, 0) is 48.9 Å². The molecule has 0 atom stereocenters. The van der Waals surface area contributed by atoms with E-state index in [1.165, 1.54) is 44.5 Å². The molecule has 3 aromatic rings. The first-order valence-corrected chi connectivity index (χ1v) is 13.6. The number of aryl methyl sites for hydroxylation is 1. The van der Waals surface area contributed by atoms with E-state index in [0.29, 0.717) is 29.3 Å². The minimum absolute atomic E-state index is 0.0719. The molecular formula is C26H30N2O5S2. The number of thioether (sulfide) groups is 1. The van der Waals surface area contributed by atoms with Crippen molar-refractivity contribution in [3.8, 4) is 11.5 Å². The molecule has 0 bridgehead atoms. The quantitative estimate of drug-likeness (QED) is 0.379. The fraction of sp³-hybridized carbons (Fsp3) is 0.269. The number of carbonyl (C=O) groups excluding carboxylic acids is 1. The lowest BCUT2D eigenvalue weighted by molar-refractivity contribution is 0.0956. The van der Waals surface area contributed by atoms with Crippen LogP contribution in [0.15, 0.2) is 71.6 Å². The van der Waals surface area contributed by atoms with Crippen LogP contribution in [0.1, 0.15) is 21.5 Å². The van der Waals surface area contributed by atoms with E-state index in [-0.39, 0.29) is 10.8 Å². The Bertz CT molecular complexity index is 1260. The van der Waals surface area contributed by atoms with Gasteiger partial charge in [0.15, 0.2) is 11.5 Å². The molecule has 0 aromatic heterocycles. The van der Waals surface area contributed by atoms with Crippen molar-refractivity contribution in [1.82, 2.24) is 5.32 Å². The molecule has 0 saturated heterocycles. The minimum Gasteiger partial charge on any atom is -0.493 e. The molecule has 0 aliphatic carbocycles. The fourth-order valence-electron chi connectivity index (χ4n) is 3.43. The highest BCUT2D eigenvalue weighted by atomic mass is 32.2. The van der Waals surface area contributed by atoms with Crippen LogP contribution in [0.4, 0.5) is 5.69 Å². The number of ether oxygens (including phenoxy) is 2. The number of sulfonamides is 1. The Morgan fingerprint density at radius 2 is 1.69 bits per heavy atom. The number of methoxy groups -OCH3 is 2.